The van der Waals surface area contributed by atoms with Crippen molar-refractivity contribution in [1.29, 1.82) is 0 Å². The minimum Gasteiger partial charge on any atom is -0.462 e. The number of esters is 2. The highest BCUT2D eigenvalue weighted by Crippen LogP contribution is 2.22. The number of rotatable bonds is 4. The standard InChI is InChI=1S/C19H17NO5/c1-2-24-18(22)14-9-5-6-10-15(14)20-17(21)16-11-12-7-3-4-8-13(12)19(23)25-16/h3-10,16H,2,11H2,1H3,(H,20,21). The van der Waals surface area contributed by atoms with Crippen LogP contribution in [0.25, 0.3) is 0 Å². The number of para-hydroxylation sites is 1. The zero-order valence-electron chi connectivity index (χ0n) is 13.7. The van der Waals surface area contributed by atoms with Crippen LogP contribution in [0.1, 0.15) is 33.2 Å². The van der Waals surface area contributed by atoms with E-state index in [2.05, 4.69) is 5.32 Å². The number of ether oxygens (including phenoxy) is 2. The number of nitrogens with one attached hydrogen (secondary N) is 1. The Hall–Kier alpha value is -3.15. The van der Waals surface area contributed by atoms with Gasteiger partial charge < -0.3 is 14.8 Å². The number of fused-ring (bicyclic) bond motifs is 1. The number of carbonyl (C=O) groups is 3. The first kappa shape index (κ1) is 16.7. The van der Waals surface area contributed by atoms with Gasteiger partial charge in [-0.05, 0) is 30.7 Å². The number of benzene rings is 2. The summed E-state index contributed by atoms with van der Waals surface area (Å²) in [5, 5.41) is 2.65. The summed E-state index contributed by atoms with van der Waals surface area (Å²) in [5.74, 6) is -1.54. The fourth-order valence-electron chi connectivity index (χ4n) is 2.67. The number of cyclic esters (lactones) is 1. The molecule has 1 aliphatic heterocycles. The first-order valence-corrected chi connectivity index (χ1v) is 7.96. The van der Waals surface area contributed by atoms with Crippen LogP contribution in [-0.2, 0) is 20.7 Å². The Morgan fingerprint density at radius 3 is 2.68 bits per heavy atom. The van der Waals surface area contributed by atoms with Gasteiger partial charge in [-0.25, -0.2) is 9.59 Å². The number of amides is 1. The van der Waals surface area contributed by atoms with Crippen LogP contribution in [-0.4, -0.2) is 30.6 Å². The van der Waals surface area contributed by atoms with Crippen LogP contribution in [0.5, 0.6) is 0 Å². The molecule has 0 radical (unpaired) electrons. The first-order chi connectivity index (χ1) is 12.1. The Bertz CT molecular complexity index is 830. The Balaban J connectivity index is 1.78. The van der Waals surface area contributed by atoms with E-state index < -0.39 is 23.9 Å². The minimum atomic E-state index is -0.947. The van der Waals surface area contributed by atoms with Crippen LogP contribution in [0.15, 0.2) is 48.5 Å². The van der Waals surface area contributed by atoms with Crippen molar-refractivity contribution in [3.05, 3.63) is 65.2 Å². The number of hydrogen-bond acceptors (Lipinski definition) is 5. The molecule has 25 heavy (non-hydrogen) atoms. The monoisotopic (exact) mass is 339 g/mol. The third-order valence-electron chi connectivity index (χ3n) is 3.86. The quantitative estimate of drug-likeness (QED) is 0.866. The van der Waals surface area contributed by atoms with Crippen molar-refractivity contribution < 1.29 is 23.9 Å². The van der Waals surface area contributed by atoms with E-state index in [1.165, 1.54) is 0 Å². The predicted octanol–water partition coefficient (Wildman–Crippen LogP) is 2.58. The van der Waals surface area contributed by atoms with E-state index in [0.29, 0.717) is 11.3 Å². The molecule has 0 aliphatic carbocycles. The van der Waals surface area contributed by atoms with Gasteiger partial charge in [0, 0.05) is 6.42 Å². The highest BCUT2D eigenvalue weighted by Gasteiger charge is 2.31. The summed E-state index contributed by atoms with van der Waals surface area (Å²) in [7, 11) is 0. The molecule has 1 atom stereocenters. The average Bonchev–Trinajstić information content (AvgIpc) is 2.62. The highest BCUT2D eigenvalue weighted by molar-refractivity contribution is 6.04. The van der Waals surface area contributed by atoms with Gasteiger partial charge in [0.1, 0.15) is 0 Å². The van der Waals surface area contributed by atoms with Gasteiger partial charge in [0.05, 0.1) is 23.4 Å². The van der Waals surface area contributed by atoms with E-state index in [4.69, 9.17) is 9.47 Å². The van der Waals surface area contributed by atoms with E-state index >= 15 is 0 Å². The molecule has 1 N–H and O–H groups in total. The predicted molar refractivity (Wildman–Crippen MR) is 90.4 cm³/mol. The van der Waals surface area contributed by atoms with Crippen LogP contribution in [0.3, 0.4) is 0 Å². The summed E-state index contributed by atoms with van der Waals surface area (Å²) in [6.07, 6.45) is -0.660. The molecule has 2 aromatic carbocycles. The fourth-order valence-corrected chi connectivity index (χ4v) is 2.67. The zero-order valence-corrected chi connectivity index (χ0v) is 13.7. The van der Waals surface area contributed by atoms with Crippen LogP contribution in [0, 0.1) is 0 Å². The molecule has 1 heterocycles. The molecule has 6 heteroatoms. The average molecular weight is 339 g/mol. The maximum absolute atomic E-state index is 12.5. The topological polar surface area (TPSA) is 81.7 Å². The van der Waals surface area contributed by atoms with Crippen LogP contribution in [0.4, 0.5) is 5.69 Å². The summed E-state index contributed by atoms with van der Waals surface area (Å²) in [4.78, 5) is 36.5. The molecule has 2 aromatic rings. The largest absolute Gasteiger partial charge is 0.462 e. The zero-order chi connectivity index (χ0) is 17.8. The molecule has 0 bridgehead atoms. The van der Waals surface area contributed by atoms with Crippen LogP contribution >= 0.6 is 0 Å². The van der Waals surface area contributed by atoms with Crippen molar-refractivity contribution in [2.45, 2.75) is 19.4 Å². The summed E-state index contributed by atoms with van der Waals surface area (Å²) < 4.78 is 10.2. The van der Waals surface area contributed by atoms with Crippen molar-refractivity contribution in [2.75, 3.05) is 11.9 Å². The molecule has 3 rings (SSSR count). The van der Waals surface area contributed by atoms with Crippen molar-refractivity contribution >= 4 is 23.5 Å². The fraction of sp³-hybridized carbons (Fsp3) is 0.211. The van der Waals surface area contributed by atoms with E-state index in [1.54, 1.807) is 49.4 Å². The van der Waals surface area contributed by atoms with E-state index in [9.17, 15) is 14.4 Å². The first-order valence-electron chi connectivity index (χ1n) is 7.96. The lowest BCUT2D eigenvalue weighted by Crippen LogP contribution is -2.38. The maximum Gasteiger partial charge on any atom is 0.340 e. The van der Waals surface area contributed by atoms with Crippen LogP contribution < -0.4 is 5.32 Å². The Morgan fingerprint density at radius 2 is 1.88 bits per heavy atom. The summed E-state index contributed by atoms with van der Waals surface area (Å²) in [6, 6.07) is 13.6. The highest BCUT2D eigenvalue weighted by atomic mass is 16.5. The smallest absolute Gasteiger partial charge is 0.340 e. The molecule has 0 spiro atoms. The normalized spacial score (nSPS) is 15.7. The van der Waals surface area contributed by atoms with Gasteiger partial charge in [0.25, 0.3) is 5.91 Å². The summed E-state index contributed by atoms with van der Waals surface area (Å²) in [6.45, 7) is 1.94. The minimum absolute atomic E-state index is 0.234. The van der Waals surface area contributed by atoms with Crippen LogP contribution in [0.2, 0.25) is 0 Å². The molecule has 1 amide bonds. The van der Waals surface area contributed by atoms with E-state index in [1.807, 2.05) is 6.07 Å². The molecule has 1 aliphatic rings. The van der Waals surface area contributed by atoms with Gasteiger partial charge in [-0.2, -0.15) is 0 Å². The molecule has 0 saturated heterocycles. The molecule has 0 saturated carbocycles. The van der Waals surface area contributed by atoms with Gasteiger partial charge in [0.15, 0.2) is 6.10 Å². The van der Waals surface area contributed by atoms with Crippen molar-refractivity contribution in [1.82, 2.24) is 0 Å². The second kappa shape index (κ2) is 7.17. The number of carbonyl (C=O) groups excluding carboxylic acids is 3. The van der Waals surface area contributed by atoms with Gasteiger partial charge in [-0.3, -0.25) is 4.79 Å². The molecule has 6 nitrogen and oxygen atoms in total. The van der Waals surface area contributed by atoms with Gasteiger partial charge in [-0.1, -0.05) is 30.3 Å². The lowest BCUT2D eigenvalue weighted by atomic mass is 9.98. The lowest BCUT2D eigenvalue weighted by molar-refractivity contribution is -0.125. The van der Waals surface area contributed by atoms with Gasteiger partial charge >= 0.3 is 11.9 Å². The van der Waals surface area contributed by atoms with Crippen molar-refractivity contribution in [3.63, 3.8) is 0 Å². The summed E-state index contributed by atoms with van der Waals surface area (Å²) >= 11 is 0. The summed E-state index contributed by atoms with van der Waals surface area (Å²) in [5.41, 5.74) is 1.80. The third-order valence-corrected chi connectivity index (χ3v) is 3.86. The molecular formula is C19H17NO5. The molecule has 1 unspecified atom stereocenters. The molecule has 128 valence electrons. The molecule has 0 fully saturated rings. The molecule has 0 aromatic heterocycles. The second-order valence-corrected chi connectivity index (χ2v) is 5.51. The maximum atomic E-state index is 12.5. The van der Waals surface area contributed by atoms with E-state index in [-0.39, 0.29) is 18.6 Å². The number of hydrogen-bond donors (Lipinski definition) is 1. The second-order valence-electron chi connectivity index (χ2n) is 5.51. The Kier molecular flexibility index (Phi) is 4.79. The molecular weight excluding hydrogens is 322 g/mol. The Labute approximate surface area is 144 Å². The third kappa shape index (κ3) is 3.52. The number of anilines is 1. The van der Waals surface area contributed by atoms with Gasteiger partial charge in [-0.15, -0.1) is 0 Å². The van der Waals surface area contributed by atoms with Gasteiger partial charge in [0.2, 0.25) is 0 Å². The Morgan fingerprint density at radius 1 is 1.16 bits per heavy atom. The SMILES string of the molecule is CCOC(=O)c1ccccc1NC(=O)C1Cc2ccccc2C(=O)O1. The van der Waals surface area contributed by atoms with E-state index in [0.717, 1.165) is 5.56 Å². The van der Waals surface area contributed by atoms with Crippen molar-refractivity contribution in [2.24, 2.45) is 0 Å². The van der Waals surface area contributed by atoms with Crippen molar-refractivity contribution in [3.8, 4) is 0 Å². The lowest BCUT2D eigenvalue weighted by Gasteiger charge is -2.24.